The van der Waals surface area contributed by atoms with Gasteiger partial charge in [0.15, 0.2) is 11.3 Å². The predicted molar refractivity (Wildman–Crippen MR) is 119 cm³/mol. The van der Waals surface area contributed by atoms with Crippen molar-refractivity contribution >= 4 is 22.5 Å². The highest BCUT2D eigenvalue weighted by atomic mass is 19.3. The topological polar surface area (TPSA) is 80.0 Å². The molecule has 0 saturated carbocycles. The van der Waals surface area contributed by atoms with Crippen molar-refractivity contribution in [3.05, 3.63) is 58.9 Å². The quantitative estimate of drug-likeness (QED) is 0.454. The molecule has 0 radical (unpaired) electrons. The number of hydrogen-bond donors (Lipinski definition) is 2. The first-order chi connectivity index (χ1) is 15.9. The summed E-state index contributed by atoms with van der Waals surface area (Å²) in [6.07, 6.45) is 0.707. The second-order valence-corrected chi connectivity index (χ2v) is 8.42. The lowest BCUT2D eigenvalue weighted by Crippen LogP contribution is -2.27. The predicted octanol–water partition coefficient (Wildman–Crippen LogP) is 4.70. The van der Waals surface area contributed by atoms with E-state index in [2.05, 4.69) is 30.8 Å². The number of aryl methyl sites for hydroxylation is 1. The Balaban J connectivity index is 1.62. The fourth-order valence-corrected chi connectivity index (χ4v) is 4.59. The van der Waals surface area contributed by atoms with Crippen molar-refractivity contribution < 1.29 is 13.2 Å². The number of hydrogen-bond acceptors (Lipinski definition) is 6. The summed E-state index contributed by atoms with van der Waals surface area (Å²) in [6, 6.07) is 5.50. The molecule has 10 heteroatoms. The summed E-state index contributed by atoms with van der Waals surface area (Å²) >= 11 is 0. The largest absolute Gasteiger partial charge is 0.363 e. The molecule has 5 rings (SSSR count). The minimum Gasteiger partial charge on any atom is -0.363 e. The van der Waals surface area contributed by atoms with E-state index in [9.17, 15) is 13.2 Å². The van der Waals surface area contributed by atoms with Crippen molar-refractivity contribution in [2.45, 2.75) is 45.1 Å². The highest BCUT2D eigenvalue weighted by Crippen LogP contribution is 2.34. The van der Waals surface area contributed by atoms with Crippen LogP contribution in [0.2, 0.25) is 0 Å². The van der Waals surface area contributed by atoms with Gasteiger partial charge in [0.1, 0.15) is 23.8 Å². The Morgan fingerprint density at radius 3 is 2.64 bits per heavy atom. The minimum atomic E-state index is -2.88. The molecular formula is C23H24F3N7. The smallest absolute Gasteiger partial charge is 0.266 e. The van der Waals surface area contributed by atoms with Crippen molar-refractivity contribution in [3.63, 3.8) is 0 Å². The van der Waals surface area contributed by atoms with Crippen LogP contribution < -0.4 is 10.6 Å². The second kappa shape index (κ2) is 8.58. The van der Waals surface area contributed by atoms with Gasteiger partial charge in [0.25, 0.3) is 6.43 Å². The van der Waals surface area contributed by atoms with Gasteiger partial charge >= 0.3 is 0 Å². The van der Waals surface area contributed by atoms with Crippen LogP contribution in [0.5, 0.6) is 0 Å². The van der Waals surface area contributed by atoms with E-state index >= 15 is 0 Å². The molecule has 3 aromatic heterocycles. The first-order valence-electron chi connectivity index (χ1n) is 11.0. The molecular weight excluding hydrogens is 431 g/mol. The normalized spacial score (nSPS) is 16.1. The third-order valence-corrected chi connectivity index (χ3v) is 6.26. The van der Waals surface area contributed by atoms with Crippen molar-refractivity contribution in [1.82, 2.24) is 29.9 Å². The molecule has 33 heavy (non-hydrogen) atoms. The lowest BCUT2D eigenvalue weighted by atomic mass is 9.90. The SMILES string of the molecule is Cc1nc(N[C@H](C)c2cccc(C(F)F)c2F)c2cc(C3CCNCC3)c3nncn3c2n1. The zero-order chi connectivity index (χ0) is 23.1. The summed E-state index contributed by atoms with van der Waals surface area (Å²) < 4.78 is 43.0. The molecule has 1 saturated heterocycles. The van der Waals surface area contributed by atoms with Crippen LogP contribution in [0.3, 0.4) is 0 Å². The highest BCUT2D eigenvalue weighted by Gasteiger charge is 2.24. The summed E-state index contributed by atoms with van der Waals surface area (Å²) in [4.78, 5) is 9.18. The summed E-state index contributed by atoms with van der Waals surface area (Å²) in [5.41, 5.74) is 2.01. The summed E-state index contributed by atoms with van der Waals surface area (Å²) in [6.45, 7) is 5.34. The Morgan fingerprint density at radius 2 is 1.88 bits per heavy atom. The lowest BCUT2D eigenvalue weighted by Gasteiger charge is -2.24. The molecule has 1 aromatic carbocycles. The average Bonchev–Trinajstić information content (AvgIpc) is 3.29. The maximum Gasteiger partial charge on any atom is 0.266 e. The Morgan fingerprint density at radius 1 is 1.12 bits per heavy atom. The molecule has 1 fully saturated rings. The molecule has 4 heterocycles. The number of fused-ring (bicyclic) bond motifs is 3. The Bertz CT molecular complexity index is 1310. The number of anilines is 1. The second-order valence-electron chi connectivity index (χ2n) is 8.42. The number of nitrogens with zero attached hydrogens (tertiary/aromatic N) is 5. The molecule has 0 bridgehead atoms. The van der Waals surface area contributed by atoms with Crippen LogP contribution in [-0.4, -0.2) is 37.7 Å². The van der Waals surface area contributed by atoms with Gasteiger partial charge in [-0.25, -0.2) is 23.1 Å². The van der Waals surface area contributed by atoms with Gasteiger partial charge in [-0.1, -0.05) is 18.2 Å². The average molecular weight is 455 g/mol. The van der Waals surface area contributed by atoms with Crippen LogP contribution in [0.1, 0.15) is 60.7 Å². The molecule has 0 spiro atoms. The zero-order valence-corrected chi connectivity index (χ0v) is 18.3. The van der Waals surface area contributed by atoms with Crippen LogP contribution in [0.4, 0.5) is 19.0 Å². The van der Waals surface area contributed by atoms with Crippen LogP contribution in [0.25, 0.3) is 16.7 Å². The molecule has 7 nitrogen and oxygen atoms in total. The van der Waals surface area contributed by atoms with Crippen LogP contribution >= 0.6 is 0 Å². The van der Waals surface area contributed by atoms with Crippen LogP contribution in [0, 0.1) is 12.7 Å². The fraction of sp³-hybridized carbons (Fsp3) is 0.391. The number of pyridine rings is 1. The molecule has 1 atom stereocenters. The molecule has 0 unspecified atom stereocenters. The Hall–Kier alpha value is -3.27. The Kier molecular flexibility index (Phi) is 5.61. The summed E-state index contributed by atoms with van der Waals surface area (Å²) in [5, 5.41) is 15.8. The van der Waals surface area contributed by atoms with Crippen molar-refractivity contribution in [2.75, 3.05) is 18.4 Å². The monoisotopic (exact) mass is 455 g/mol. The van der Waals surface area contributed by atoms with Crippen molar-refractivity contribution in [3.8, 4) is 0 Å². The van der Waals surface area contributed by atoms with E-state index in [0.717, 1.165) is 48.6 Å². The fourth-order valence-electron chi connectivity index (χ4n) is 4.59. The molecule has 172 valence electrons. The minimum absolute atomic E-state index is 0.154. The third kappa shape index (κ3) is 3.88. The van der Waals surface area contributed by atoms with E-state index in [0.29, 0.717) is 23.2 Å². The van der Waals surface area contributed by atoms with E-state index in [1.54, 1.807) is 20.2 Å². The van der Waals surface area contributed by atoms with E-state index in [-0.39, 0.29) is 5.56 Å². The Labute approximate surface area is 188 Å². The maximum atomic E-state index is 14.8. The summed E-state index contributed by atoms with van der Waals surface area (Å²) in [5.74, 6) is 0.439. The number of nitrogens with one attached hydrogen (secondary N) is 2. The highest BCUT2D eigenvalue weighted by molar-refractivity contribution is 5.90. The van der Waals surface area contributed by atoms with Crippen molar-refractivity contribution in [2.24, 2.45) is 0 Å². The van der Waals surface area contributed by atoms with Gasteiger partial charge in [-0.15, -0.1) is 10.2 Å². The molecule has 1 aliphatic rings. The first kappa shape index (κ1) is 21.6. The number of aromatic nitrogens is 5. The van der Waals surface area contributed by atoms with Gasteiger partial charge in [-0.05, 0) is 51.8 Å². The molecule has 1 aliphatic heterocycles. The van der Waals surface area contributed by atoms with E-state index in [4.69, 9.17) is 0 Å². The van der Waals surface area contributed by atoms with Crippen molar-refractivity contribution in [1.29, 1.82) is 0 Å². The third-order valence-electron chi connectivity index (χ3n) is 6.26. The van der Waals surface area contributed by atoms with Crippen LogP contribution in [0.15, 0.2) is 30.6 Å². The number of halogens is 3. The van der Waals surface area contributed by atoms with Gasteiger partial charge in [0, 0.05) is 11.1 Å². The van der Waals surface area contributed by atoms with E-state index < -0.39 is 23.8 Å². The maximum absolute atomic E-state index is 14.8. The number of benzene rings is 1. The van der Waals surface area contributed by atoms with Crippen LogP contribution in [-0.2, 0) is 0 Å². The van der Waals surface area contributed by atoms with Gasteiger partial charge in [-0.2, -0.15) is 0 Å². The van der Waals surface area contributed by atoms with Gasteiger partial charge in [-0.3, -0.25) is 4.40 Å². The standard InChI is InChI=1S/C23H24F3N7/c1-12(15-4-3-5-16(19(15)24)20(25)26)29-21-18-10-17(14-6-8-27-9-7-14)23-32-28-11-33(23)22(18)31-13(2)30-21/h3-5,10-12,14,20,27H,6-9H2,1-2H3,(H,29,30,31)/t12-/m1/s1. The van der Waals surface area contributed by atoms with Gasteiger partial charge in [0.05, 0.1) is 17.0 Å². The first-order valence-corrected chi connectivity index (χ1v) is 11.0. The summed E-state index contributed by atoms with van der Waals surface area (Å²) in [7, 11) is 0. The van der Waals surface area contributed by atoms with Gasteiger partial charge in [0.2, 0.25) is 0 Å². The molecule has 0 amide bonds. The molecule has 0 aliphatic carbocycles. The van der Waals surface area contributed by atoms with Gasteiger partial charge < -0.3 is 10.6 Å². The number of piperidine rings is 1. The lowest BCUT2D eigenvalue weighted by molar-refractivity contribution is 0.146. The molecule has 4 aromatic rings. The van der Waals surface area contributed by atoms with E-state index in [1.165, 1.54) is 12.1 Å². The number of alkyl halides is 2. The number of rotatable bonds is 5. The zero-order valence-electron chi connectivity index (χ0n) is 18.3. The molecule has 2 N–H and O–H groups in total. The van der Waals surface area contributed by atoms with E-state index in [1.807, 2.05) is 10.5 Å².